The predicted molar refractivity (Wildman–Crippen MR) is 401 cm³/mol. The number of ether oxygens (including phenoxy) is 13. The number of ketones is 1. The molecule has 4 atom stereocenters. The maximum Gasteiger partial charge on any atom is 0.260 e. The molecule has 0 aliphatic carbocycles. The van der Waals surface area contributed by atoms with Gasteiger partial charge < -0.3 is 87.3 Å². The Balaban J connectivity index is 0.0000135. The number of hydrogen-bond acceptors (Lipinski definition) is 23. The topological polar surface area (TPSA) is 327 Å². The summed E-state index contributed by atoms with van der Waals surface area (Å²) in [7, 11) is 3.03. The Bertz CT molecular complexity index is 3910. The first-order chi connectivity index (χ1) is 52.0. The number of rotatable bonds is 47. The zero-order valence-corrected chi connectivity index (χ0v) is 61.3. The van der Waals surface area contributed by atoms with Gasteiger partial charge in [0.05, 0.1) is 154 Å². The van der Waals surface area contributed by atoms with Crippen LogP contribution in [0.25, 0.3) is 11.1 Å². The van der Waals surface area contributed by atoms with Gasteiger partial charge in [0.2, 0.25) is 24.5 Å². The summed E-state index contributed by atoms with van der Waals surface area (Å²) in [6, 6.07) is 18.4. The Morgan fingerprint density at radius 2 is 1.04 bits per heavy atom. The highest BCUT2D eigenvalue weighted by Crippen LogP contribution is 2.43. The Labute approximate surface area is 629 Å². The number of nitrogens with one attached hydrogen (secondary N) is 3. The van der Waals surface area contributed by atoms with Crippen LogP contribution < -0.4 is 44.4 Å². The first kappa shape index (κ1) is 82.2. The lowest BCUT2D eigenvalue weighted by Crippen LogP contribution is -2.45. The number of amides is 7. The number of carbonyl (C=O) groups is 8. The lowest BCUT2D eigenvalue weighted by atomic mass is 9.92. The van der Waals surface area contributed by atoms with Crippen LogP contribution in [0.15, 0.2) is 101 Å². The lowest BCUT2D eigenvalue weighted by Gasteiger charge is -2.23. The molecule has 0 aromatic heterocycles. The van der Waals surface area contributed by atoms with E-state index >= 15 is 0 Å². The molecule has 6 aliphatic rings. The number of fused-ring (bicyclic) bond motifs is 5. The molecule has 582 valence electrons. The van der Waals surface area contributed by atoms with Gasteiger partial charge in [-0.15, -0.1) is 0 Å². The maximum absolute atomic E-state index is 14.2. The van der Waals surface area contributed by atoms with Crippen LogP contribution in [0.5, 0.6) is 34.5 Å². The highest BCUT2D eigenvalue weighted by Gasteiger charge is 2.37. The van der Waals surface area contributed by atoms with Gasteiger partial charge >= 0.3 is 0 Å². The number of imide groups is 1. The number of anilines is 1. The molecule has 0 spiro atoms. The number of benzene rings is 4. The molecule has 0 saturated heterocycles. The minimum absolute atomic E-state index is 0. The molecule has 0 radical (unpaired) electrons. The van der Waals surface area contributed by atoms with Crippen LogP contribution in [0, 0.1) is 11.8 Å². The second-order valence-electron chi connectivity index (χ2n) is 26.3. The van der Waals surface area contributed by atoms with E-state index in [1.807, 2.05) is 56.6 Å². The van der Waals surface area contributed by atoms with Crippen molar-refractivity contribution in [3.63, 3.8) is 0 Å². The SMILES string of the molecule is C.COc1cc2c(cc1OCCCOc1cc3c(cc1OC)C(=O)N1C=C(c4ccc5c(c4)OCO5)C[C@H]1C=N3)N=C[C@@H]1CC(c3ccc(NC(=O)[C@H](C)CC(=O)C(NC(=O)CCCCCOCCOCCOCCOCCOCCOCCOCCNC(=O)CCN4C(=O)C=CC4=O)C(C)C)cc3)=CN1C2=O. The van der Waals surface area contributed by atoms with E-state index in [2.05, 4.69) is 16.0 Å². The van der Waals surface area contributed by atoms with Gasteiger partial charge in [0.1, 0.15) is 0 Å². The summed E-state index contributed by atoms with van der Waals surface area (Å²) in [4.78, 5) is 117. The van der Waals surface area contributed by atoms with Crippen LogP contribution in [-0.2, 0) is 61.9 Å². The summed E-state index contributed by atoms with van der Waals surface area (Å²) in [6.07, 6.45) is 13.6. The molecule has 10 rings (SSSR count). The van der Waals surface area contributed by atoms with Crippen LogP contribution in [0.3, 0.4) is 0 Å². The van der Waals surface area contributed by atoms with Crippen LogP contribution >= 0.6 is 0 Å². The van der Waals surface area contributed by atoms with Crippen molar-refractivity contribution in [2.75, 3.05) is 145 Å². The summed E-state index contributed by atoms with van der Waals surface area (Å²) in [5.41, 5.74) is 5.89. The molecule has 0 bridgehead atoms. The first-order valence-corrected chi connectivity index (χ1v) is 36.4. The second kappa shape index (κ2) is 42.0. The number of aliphatic imine (C=N–C) groups is 2. The number of methoxy groups -OCH3 is 2. The molecule has 6 aliphatic heterocycles. The average molecular weight is 1500 g/mol. The third-order valence-electron chi connectivity index (χ3n) is 18.2. The molecular formula is C79H100N8O21. The molecule has 3 N–H and O–H groups in total. The smallest absolute Gasteiger partial charge is 0.260 e. The van der Waals surface area contributed by atoms with Crippen molar-refractivity contribution in [1.29, 1.82) is 0 Å². The monoisotopic (exact) mass is 1500 g/mol. The Kier molecular flexibility index (Phi) is 32.0. The standard InChI is InChI=1S/C78H96N8O21.CH4/c1-51(2)75(83-72(89)10-7-6-8-22-97-26-28-99-30-32-101-34-36-103-37-35-102-33-31-100-29-27-98-25-20-79-71(88)19-21-84-73(90)17-18-74(84)91)64(87)38-52(3)76(92)82-57-14-11-53(12-15-57)55-39-58-46-80-62-44-69(66(95-4)42-60(62)77(93)85(58)48-55)104-23-9-24-105-70-45-63-61(43-67(70)96-5)78(94)86-49-56(40-59(86)47-81-63)54-13-16-65-68(41-54)107-50-106-65;/h11-18,41-49,51-52,58-59,75H,6-10,19-40,50H2,1-5H3,(H,79,88)(H,82,92)(H,83,89);1H4/t52-,58+,59+,75?;/m1./s1. The van der Waals surface area contributed by atoms with Gasteiger partial charge in [-0.25, -0.2) is 0 Å². The molecule has 1 unspecified atom stereocenters. The molecule has 4 aromatic carbocycles. The molecule has 4 aromatic rings. The minimum Gasteiger partial charge on any atom is -0.493 e. The molecule has 29 heteroatoms. The summed E-state index contributed by atoms with van der Waals surface area (Å²) in [5, 5.41) is 8.52. The van der Waals surface area contributed by atoms with Gasteiger partial charge in [0.15, 0.2) is 40.3 Å². The quantitative estimate of drug-likeness (QED) is 0.0275. The summed E-state index contributed by atoms with van der Waals surface area (Å²) in [5.74, 6) is -0.212. The van der Waals surface area contributed by atoms with Gasteiger partial charge in [-0.05, 0) is 77.4 Å². The number of unbranched alkanes of at least 4 members (excludes halogenated alkanes) is 2. The molecule has 7 amide bonds. The van der Waals surface area contributed by atoms with E-state index in [0.717, 1.165) is 40.0 Å². The zero-order chi connectivity index (χ0) is 75.4. The maximum atomic E-state index is 14.2. The second-order valence-corrected chi connectivity index (χ2v) is 26.3. The number of Topliss-reactive ketones (excluding diaryl/α,β-unsaturated/α-hetero) is 1. The van der Waals surface area contributed by atoms with Crippen LogP contribution in [0.1, 0.15) is 118 Å². The molecule has 0 saturated carbocycles. The predicted octanol–water partition coefficient (Wildman–Crippen LogP) is 8.64. The molecule has 29 nitrogen and oxygen atoms in total. The highest BCUT2D eigenvalue weighted by molar-refractivity contribution is 6.13. The fourth-order valence-corrected chi connectivity index (χ4v) is 12.4. The van der Waals surface area contributed by atoms with E-state index in [1.165, 1.54) is 26.4 Å². The van der Waals surface area contributed by atoms with Crippen molar-refractivity contribution < 1.29 is 99.9 Å². The number of hydrogen-bond donors (Lipinski definition) is 3. The van der Waals surface area contributed by atoms with Crippen LogP contribution in [0.4, 0.5) is 17.1 Å². The van der Waals surface area contributed by atoms with Crippen LogP contribution in [0.2, 0.25) is 0 Å². The number of nitrogens with zero attached hydrogens (tertiary/aromatic N) is 5. The zero-order valence-electron chi connectivity index (χ0n) is 61.3. The van der Waals surface area contributed by atoms with E-state index < -0.39 is 23.8 Å². The van der Waals surface area contributed by atoms with Gasteiger partial charge in [0.25, 0.3) is 23.6 Å². The first-order valence-electron chi connectivity index (χ1n) is 36.4. The third kappa shape index (κ3) is 23.3. The third-order valence-corrected chi connectivity index (χ3v) is 18.2. The van der Waals surface area contributed by atoms with E-state index in [9.17, 15) is 38.4 Å². The van der Waals surface area contributed by atoms with Crippen molar-refractivity contribution in [3.8, 4) is 34.5 Å². The van der Waals surface area contributed by atoms with Crippen molar-refractivity contribution in [1.82, 2.24) is 25.3 Å². The van der Waals surface area contributed by atoms with E-state index in [4.69, 9.17) is 71.6 Å². The largest absolute Gasteiger partial charge is 0.493 e. The van der Waals surface area contributed by atoms with Crippen molar-refractivity contribution in [2.24, 2.45) is 21.8 Å². The summed E-state index contributed by atoms with van der Waals surface area (Å²) < 4.78 is 73.6. The fraction of sp³-hybridized carbons (Fsp3) is 0.494. The summed E-state index contributed by atoms with van der Waals surface area (Å²) in [6.45, 7) is 12.2. The Morgan fingerprint density at radius 3 is 1.56 bits per heavy atom. The van der Waals surface area contributed by atoms with Crippen molar-refractivity contribution >= 4 is 87.8 Å². The molecule has 108 heavy (non-hydrogen) atoms. The van der Waals surface area contributed by atoms with Gasteiger partial charge in [-0.1, -0.05) is 52.8 Å². The lowest BCUT2D eigenvalue weighted by molar-refractivity contribution is -0.137. The Morgan fingerprint density at radius 1 is 0.537 bits per heavy atom. The van der Waals surface area contributed by atoms with Gasteiger partial charge in [0, 0.05) is 119 Å². The summed E-state index contributed by atoms with van der Waals surface area (Å²) >= 11 is 0. The number of carbonyl (C=O) groups excluding carboxylic acids is 8. The Hall–Kier alpha value is -9.88. The van der Waals surface area contributed by atoms with E-state index in [-0.39, 0.29) is 107 Å². The van der Waals surface area contributed by atoms with Gasteiger partial charge in [-0.3, -0.25) is 53.2 Å². The molecular weight excluding hydrogens is 1400 g/mol. The normalized spacial score (nSPS) is 16.4. The molecule has 0 fully saturated rings. The fourth-order valence-electron chi connectivity index (χ4n) is 12.4. The van der Waals surface area contributed by atoms with Crippen LogP contribution in [-0.4, -0.2) is 232 Å². The molecule has 6 heterocycles. The average Bonchev–Trinajstić information content (AvgIpc) is 1.63. The van der Waals surface area contributed by atoms with E-state index in [0.29, 0.717) is 187 Å². The highest BCUT2D eigenvalue weighted by atomic mass is 16.7. The minimum atomic E-state index is -0.738. The van der Waals surface area contributed by atoms with Gasteiger partial charge in [-0.2, -0.15) is 0 Å². The van der Waals surface area contributed by atoms with E-state index in [1.54, 1.807) is 65.6 Å². The van der Waals surface area contributed by atoms with Crippen molar-refractivity contribution in [2.45, 2.75) is 104 Å². The van der Waals surface area contributed by atoms with Crippen molar-refractivity contribution in [3.05, 3.63) is 114 Å².